The Kier molecular flexibility index (Phi) is 17.9. The summed E-state index contributed by atoms with van der Waals surface area (Å²) in [4.78, 5) is 65.6. The summed E-state index contributed by atoms with van der Waals surface area (Å²) in [7, 11) is 0. The van der Waals surface area contributed by atoms with Crippen LogP contribution in [-0.4, -0.2) is 150 Å². The Labute approximate surface area is 345 Å². The molecule has 3 aliphatic heterocycles. The van der Waals surface area contributed by atoms with Crippen LogP contribution in [0.15, 0.2) is 30.3 Å². The van der Waals surface area contributed by atoms with Gasteiger partial charge in [-0.2, -0.15) is 0 Å². The van der Waals surface area contributed by atoms with Crippen molar-refractivity contribution in [1.29, 1.82) is 0 Å². The first-order valence-corrected chi connectivity index (χ1v) is 20.6. The first-order chi connectivity index (χ1) is 28.5. The van der Waals surface area contributed by atoms with Crippen molar-refractivity contribution in [2.75, 3.05) is 110 Å². The quantitative estimate of drug-likeness (QED) is 0.0644. The van der Waals surface area contributed by atoms with Crippen LogP contribution in [0.3, 0.4) is 0 Å². The molecule has 3 heterocycles. The molecule has 0 aromatic heterocycles. The summed E-state index contributed by atoms with van der Waals surface area (Å²) < 4.78 is 33.7. The zero-order valence-electron chi connectivity index (χ0n) is 34.5. The van der Waals surface area contributed by atoms with Crippen LogP contribution in [-0.2, 0) is 38.1 Å². The average Bonchev–Trinajstić information content (AvgIpc) is 3.46. The monoisotopic (exact) mass is 824 g/mol. The fourth-order valence-corrected chi connectivity index (χ4v) is 7.35. The largest absolute Gasteiger partial charge is 0.489 e. The zero-order valence-corrected chi connectivity index (χ0v) is 34.5. The zero-order chi connectivity index (χ0) is 42.1. The van der Waals surface area contributed by atoms with Crippen LogP contribution in [0.2, 0.25) is 0 Å². The molecule has 3 aliphatic rings. The Morgan fingerprint density at radius 2 is 1.44 bits per heavy atom. The van der Waals surface area contributed by atoms with E-state index in [1.54, 1.807) is 18.2 Å². The number of nitrogens with one attached hydrogen (secondary N) is 3. The van der Waals surface area contributed by atoms with Gasteiger partial charge in [0.05, 0.1) is 95.5 Å². The van der Waals surface area contributed by atoms with Crippen molar-refractivity contribution in [2.45, 2.75) is 64.5 Å². The first-order valence-electron chi connectivity index (χ1n) is 20.6. The van der Waals surface area contributed by atoms with Crippen molar-refractivity contribution in [1.82, 2.24) is 20.4 Å². The normalized spacial score (nSPS) is 17.4. The molecule has 1 atom stereocenters. The second kappa shape index (κ2) is 23.2. The molecule has 0 spiro atoms. The number of hydrogen-bond donors (Lipinski definition) is 4. The van der Waals surface area contributed by atoms with E-state index < -0.39 is 29.7 Å². The van der Waals surface area contributed by atoms with Gasteiger partial charge in [-0.1, -0.05) is 6.07 Å². The van der Waals surface area contributed by atoms with E-state index in [0.717, 1.165) is 36.6 Å². The molecule has 17 nitrogen and oxygen atoms in total. The van der Waals surface area contributed by atoms with Gasteiger partial charge in [-0.3, -0.25) is 39.1 Å². The molecule has 17 heteroatoms. The number of carbonyl (C=O) groups is 5. The molecule has 2 aromatic rings. The Morgan fingerprint density at radius 1 is 0.831 bits per heavy atom. The van der Waals surface area contributed by atoms with Gasteiger partial charge in [0, 0.05) is 25.2 Å². The van der Waals surface area contributed by atoms with Crippen molar-refractivity contribution in [2.24, 2.45) is 0 Å². The molecule has 2 aromatic carbocycles. The number of benzene rings is 2. The number of nitrogens with two attached hydrogens (primary N) is 1. The number of anilines is 2. The highest BCUT2D eigenvalue weighted by Gasteiger charge is 2.45. The molecule has 59 heavy (non-hydrogen) atoms. The lowest BCUT2D eigenvalue weighted by atomic mass is 9.86. The second-order valence-electron chi connectivity index (χ2n) is 15.0. The summed E-state index contributed by atoms with van der Waals surface area (Å²) in [5.74, 6) is -1.02. The highest BCUT2D eigenvalue weighted by molar-refractivity contribution is 6.25. The van der Waals surface area contributed by atoms with Gasteiger partial charge in [0.15, 0.2) is 0 Å². The second-order valence-corrected chi connectivity index (χ2v) is 15.0. The number of carbonyl (C=O) groups excluding carboxylic acids is 5. The summed E-state index contributed by atoms with van der Waals surface area (Å²) in [6.07, 6.45) is 2.18. The van der Waals surface area contributed by atoms with Crippen LogP contribution in [0, 0.1) is 6.92 Å². The van der Waals surface area contributed by atoms with Crippen molar-refractivity contribution < 1.29 is 52.4 Å². The highest BCUT2D eigenvalue weighted by atomic mass is 16.6. The fraction of sp³-hybridized carbons (Fsp3) is 0.595. The molecular weight excluding hydrogens is 764 g/mol. The number of nitrogens with zero attached hydrogens (tertiary/aromatic N) is 2. The standard InChI is InChI=1S/C42H60N6O11/c1-28(2)59-36-26-32(29(3)25-33(36)43)30-9-13-47(14-10-30)27-38(50)45-12-16-55-18-20-57-22-24-58-23-21-56-19-17-54-15-11-44-34-6-4-5-31-39(34)42(53)48(41(31)52)35-7-8-37(49)46-40(35)51/h4-6,25-26,28,30,35,44H,7-24,27,43H2,1-3H3,(H,45,50)(H,46,49,51). The van der Waals surface area contributed by atoms with Crippen molar-refractivity contribution in [3.63, 3.8) is 0 Å². The number of likely N-dealkylation sites (tertiary alicyclic amines) is 1. The van der Waals surface area contributed by atoms with Crippen LogP contribution in [0.4, 0.5) is 11.4 Å². The van der Waals surface area contributed by atoms with E-state index in [1.807, 2.05) is 19.9 Å². The van der Waals surface area contributed by atoms with Crippen LogP contribution in [0.25, 0.3) is 0 Å². The molecule has 324 valence electrons. The van der Waals surface area contributed by atoms with Crippen molar-refractivity contribution in [3.05, 3.63) is 52.6 Å². The molecule has 0 bridgehead atoms. The van der Waals surface area contributed by atoms with E-state index in [-0.39, 0.29) is 36.0 Å². The number of imide groups is 2. The van der Waals surface area contributed by atoms with E-state index in [4.69, 9.17) is 34.2 Å². The number of fused-ring (bicyclic) bond motifs is 1. The lowest BCUT2D eigenvalue weighted by Gasteiger charge is -2.32. The number of piperidine rings is 2. The fourth-order valence-electron chi connectivity index (χ4n) is 7.35. The lowest BCUT2D eigenvalue weighted by molar-refractivity contribution is -0.136. The summed E-state index contributed by atoms with van der Waals surface area (Å²) in [6.45, 7) is 13.0. The third-order valence-corrected chi connectivity index (χ3v) is 10.2. The summed E-state index contributed by atoms with van der Waals surface area (Å²) >= 11 is 0. The van der Waals surface area contributed by atoms with Gasteiger partial charge in [-0.25, -0.2) is 0 Å². The molecule has 0 saturated carbocycles. The van der Waals surface area contributed by atoms with Crippen LogP contribution >= 0.6 is 0 Å². The van der Waals surface area contributed by atoms with E-state index in [2.05, 4.69) is 33.8 Å². The molecule has 5 amide bonds. The number of rotatable bonds is 25. The number of amides is 5. The Morgan fingerprint density at radius 3 is 2.05 bits per heavy atom. The maximum Gasteiger partial charge on any atom is 0.264 e. The third kappa shape index (κ3) is 13.4. The van der Waals surface area contributed by atoms with Gasteiger partial charge in [-0.05, 0) is 94.4 Å². The summed E-state index contributed by atoms with van der Waals surface area (Å²) in [5, 5.41) is 8.27. The molecular formula is C42H60N6O11. The predicted octanol–water partition coefficient (Wildman–Crippen LogP) is 2.26. The van der Waals surface area contributed by atoms with Crippen LogP contribution in [0.1, 0.15) is 77.3 Å². The van der Waals surface area contributed by atoms with E-state index >= 15 is 0 Å². The van der Waals surface area contributed by atoms with Gasteiger partial charge in [-0.15, -0.1) is 0 Å². The van der Waals surface area contributed by atoms with E-state index in [0.29, 0.717) is 103 Å². The van der Waals surface area contributed by atoms with Gasteiger partial charge in [0.2, 0.25) is 17.7 Å². The molecule has 5 rings (SSSR count). The smallest absolute Gasteiger partial charge is 0.264 e. The summed E-state index contributed by atoms with van der Waals surface area (Å²) in [6, 6.07) is 7.99. The maximum absolute atomic E-state index is 13.2. The number of hydrogen-bond acceptors (Lipinski definition) is 14. The van der Waals surface area contributed by atoms with Crippen molar-refractivity contribution in [3.8, 4) is 5.75 Å². The average molecular weight is 825 g/mol. The molecule has 5 N–H and O–H groups in total. The van der Waals surface area contributed by atoms with Crippen LogP contribution < -0.4 is 26.4 Å². The third-order valence-electron chi connectivity index (χ3n) is 10.2. The summed E-state index contributed by atoms with van der Waals surface area (Å²) in [5.41, 5.74) is 10.2. The molecule has 1 unspecified atom stereocenters. The van der Waals surface area contributed by atoms with Gasteiger partial charge < -0.3 is 44.8 Å². The number of aryl methyl sites for hydroxylation is 1. The molecule has 0 aliphatic carbocycles. The Balaban J connectivity index is 0.797. The molecule has 2 saturated heterocycles. The van der Waals surface area contributed by atoms with Gasteiger partial charge in [0.25, 0.3) is 11.8 Å². The van der Waals surface area contributed by atoms with Crippen LogP contribution in [0.5, 0.6) is 5.75 Å². The minimum absolute atomic E-state index is 0.00365. The van der Waals surface area contributed by atoms with E-state index in [9.17, 15) is 24.0 Å². The lowest BCUT2D eigenvalue weighted by Crippen LogP contribution is -2.54. The minimum Gasteiger partial charge on any atom is -0.489 e. The van der Waals surface area contributed by atoms with E-state index in [1.165, 1.54) is 11.1 Å². The van der Waals surface area contributed by atoms with Crippen molar-refractivity contribution >= 4 is 40.9 Å². The van der Waals surface area contributed by atoms with Gasteiger partial charge in [0.1, 0.15) is 11.8 Å². The topological polar surface area (TPSA) is 209 Å². The number of nitrogen functional groups attached to an aromatic ring is 1. The first kappa shape index (κ1) is 45.4. The maximum atomic E-state index is 13.2. The molecule has 0 radical (unpaired) electrons. The minimum atomic E-state index is -1.01. The Hall–Kier alpha value is -4.65. The highest BCUT2D eigenvalue weighted by Crippen LogP contribution is 2.36. The van der Waals surface area contributed by atoms with Gasteiger partial charge >= 0.3 is 0 Å². The predicted molar refractivity (Wildman–Crippen MR) is 218 cm³/mol. The SMILES string of the molecule is Cc1cc(N)c(OC(C)C)cc1C1CCN(CC(=O)NCCOCCOCCOCCOCCOCCNc2cccc3c2C(=O)N(C2CCC(=O)NC2=O)C3=O)CC1. The molecule has 2 fully saturated rings. The Bertz CT molecular complexity index is 1750. The number of ether oxygens (including phenoxy) is 6.